The molecule has 0 bridgehead atoms. The van der Waals surface area contributed by atoms with Gasteiger partial charge < -0.3 is 14.2 Å². The third-order valence-corrected chi connectivity index (χ3v) is 2.22. The van der Waals surface area contributed by atoms with Crippen LogP contribution < -0.4 is 0 Å². The molecule has 0 radical (unpaired) electrons. The molecule has 1 saturated heterocycles. The maximum absolute atomic E-state index is 5.46. The van der Waals surface area contributed by atoms with E-state index in [-0.39, 0.29) is 18.3 Å². The van der Waals surface area contributed by atoms with Crippen LogP contribution in [0.4, 0.5) is 0 Å². The van der Waals surface area contributed by atoms with E-state index in [1.165, 1.54) is 0 Å². The van der Waals surface area contributed by atoms with Crippen LogP contribution >= 0.6 is 0 Å². The predicted octanol–water partition coefficient (Wildman–Crippen LogP) is 0.825. The molecule has 0 amide bonds. The van der Waals surface area contributed by atoms with Gasteiger partial charge in [0.25, 0.3) is 0 Å². The number of hydrogen-bond acceptors (Lipinski definition) is 3. The van der Waals surface area contributed by atoms with Crippen molar-refractivity contribution in [1.82, 2.24) is 0 Å². The van der Waals surface area contributed by atoms with Crippen LogP contribution in [0.2, 0.25) is 0 Å². The predicted molar refractivity (Wildman–Crippen MR) is 41.6 cm³/mol. The van der Waals surface area contributed by atoms with E-state index in [4.69, 9.17) is 14.2 Å². The molecule has 0 N–H and O–H groups in total. The average Bonchev–Trinajstić information content (AvgIpc) is 2.50. The molecule has 0 saturated carbocycles. The van der Waals surface area contributed by atoms with E-state index in [9.17, 15) is 0 Å². The van der Waals surface area contributed by atoms with Gasteiger partial charge in [-0.15, -0.1) is 0 Å². The zero-order chi connectivity index (χ0) is 8.27. The molecular weight excluding hydrogens is 144 g/mol. The van der Waals surface area contributed by atoms with Crippen molar-refractivity contribution in [2.45, 2.75) is 31.7 Å². The summed E-state index contributed by atoms with van der Waals surface area (Å²) in [6, 6.07) is 0. The van der Waals surface area contributed by atoms with Crippen molar-refractivity contribution in [1.29, 1.82) is 0 Å². The number of hydrogen-bond donors (Lipinski definition) is 0. The van der Waals surface area contributed by atoms with Crippen molar-refractivity contribution < 1.29 is 14.2 Å². The second kappa shape index (κ2) is 4.04. The molecule has 1 aliphatic rings. The lowest BCUT2D eigenvalue weighted by atomic mass is 10.1. The van der Waals surface area contributed by atoms with Crippen molar-refractivity contribution in [3.8, 4) is 0 Å². The van der Waals surface area contributed by atoms with E-state index in [0.29, 0.717) is 0 Å². The lowest BCUT2D eigenvalue weighted by molar-refractivity contribution is -0.0659. The minimum atomic E-state index is 0.116. The summed E-state index contributed by atoms with van der Waals surface area (Å²) in [5, 5.41) is 0. The van der Waals surface area contributed by atoms with Gasteiger partial charge in [-0.2, -0.15) is 0 Å². The van der Waals surface area contributed by atoms with E-state index in [0.717, 1.165) is 13.0 Å². The molecule has 1 rings (SSSR count). The van der Waals surface area contributed by atoms with Crippen LogP contribution in [-0.4, -0.2) is 39.1 Å². The molecule has 0 aromatic heterocycles. The summed E-state index contributed by atoms with van der Waals surface area (Å²) in [5.41, 5.74) is 0. The van der Waals surface area contributed by atoms with Crippen molar-refractivity contribution in [2.24, 2.45) is 0 Å². The van der Waals surface area contributed by atoms with Crippen LogP contribution in [0.3, 0.4) is 0 Å². The second-order valence-electron chi connectivity index (χ2n) is 2.84. The van der Waals surface area contributed by atoms with Crippen molar-refractivity contribution in [3.05, 3.63) is 0 Å². The van der Waals surface area contributed by atoms with Gasteiger partial charge in [0.05, 0.1) is 12.2 Å². The minimum absolute atomic E-state index is 0.116. The smallest absolute Gasteiger partial charge is 0.109 e. The molecule has 1 aliphatic heterocycles. The Hall–Kier alpha value is -0.120. The maximum atomic E-state index is 5.46. The number of rotatable bonds is 3. The fourth-order valence-corrected chi connectivity index (χ4v) is 1.42. The maximum Gasteiger partial charge on any atom is 0.109 e. The summed E-state index contributed by atoms with van der Waals surface area (Å²) in [7, 11) is 3.41. The zero-order valence-corrected chi connectivity index (χ0v) is 7.37. The number of methoxy groups -OCH3 is 2. The number of ether oxygens (including phenoxy) is 3. The first-order chi connectivity index (χ1) is 5.29. The SMILES string of the molecule is CO[C@H]1CCOC1[C@@H](C)OC. The second-order valence-corrected chi connectivity index (χ2v) is 2.84. The molecule has 0 aliphatic carbocycles. The quantitative estimate of drug-likeness (QED) is 0.612. The van der Waals surface area contributed by atoms with Gasteiger partial charge in [-0.05, 0) is 13.3 Å². The Morgan fingerprint density at radius 2 is 2.18 bits per heavy atom. The van der Waals surface area contributed by atoms with Crippen LogP contribution in [0.5, 0.6) is 0 Å². The largest absolute Gasteiger partial charge is 0.379 e. The zero-order valence-electron chi connectivity index (χ0n) is 7.37. The van der Waals surface area contributed by atoms with Gasteiger partial charge in [-0.3, -0.25) is 0 Å². The molecule has 0 aromatic carbocycles. The van der Waals surface area contributed by atoms with E-state index in [1.807, 2.05) is 6.92 Å². The van der Waals surface area contributed by atoms with Gasteiger partial charge in [-0.1, -0.05) is 0 Å². The Bertz CT molecular complexity index is 116. The first-order valence-corrected chi connectivity index (χ1v) is 3.96. The standard InChI is InChI=1S/C8H16O3/c1-6(9-2)8-7(10-3)4-5-11-8/h6-8H,4-5H2,1-3H3/t6-,7+,8?/m1/s1. The molecule has 1 unspecified atom stereocenters. The van der Waals surface area contributed by atoms with E-state index in [1.54, 1.807) is 14.2 Å². The first kappa shape index (κ1) is 8.97. The molecule has 3 nitrogen and oxygen atoms in total. The molecule has 1 fully saturated rings. The van der Waals surface area contributed by atoms with Crippen LogP contribution in [-0.2, 0) is 14.2 Å². The summed E-state index contributed by atoms with van der Waals surface area (Å²) in [6.45, 7) is 2.79. The minimum Gasteiger partial charge on any atom is -0.379 e. The molecular formula is C8H16O3. The Balaban J connectivity index is 2.42. The summed E-state index contributed by atoms with van der Waals surface area (Å²) in [5.74, 6) is 0. The lowest BCUT2D eigenvalue weighted by Crippen LogP contribution is -2.34. The Morgan fingerprint density at radius 1 is 1.45 bits per heavy atom. The molecule has 1 heterocycles. The van der Waals surface area contributed by atoms with Crippen LogP contribution in [0.1, 0.15) is 13.3 Å². The molecule has 0 aromatic rings. The Labute approximate surface area is 67.6 Å². The average molecular weight is 160 g/mol. The van der Waals surface area contributed by atoms with Crippen LogP contribution in [0, 0.1) is 0 Å². The van der Waals surface area contributed by atoms with Gasteiger partial charge in [0.1, 0.15) is 6.10 Å². The summed E-state index contributed by atoms with van der Waals surface area (Å²) >= 11 is 0. The van der Waals surface area contributed by atoms with Gasteiger partial charge >= 0.3 is 0 Å². The van der Waals surface area contributed by atoms with Crippen LogP contribution in [0.25, 0.3) is 0 Å². The van der Waals surface area contributed by atoms with Crippen molar-refractivity contribution in [3.63, 3.8) is 0 Å². The lowest BCUT2D eigenvalue weighted by Gasteiger charge is -2.22. The Morgan fingerprint density at radius 3 is 2.73 bits per heavy atom. The summed E-state index contributed by atoms with van der Waals surface area (Å²) < 4.78 is 15.9. The monoisotopic (exact) mass is 160 g/mol. The highest BCUT2D eigenvalue weighted by atomic mass is 16.6. The van der Waals surface area contributed by atoms with Gasteiger partial charge in [0, 0.05) is 20.8 Å². The highest BCUT2D eigenvalue weighted by Gasteiger charge is 2.32. The first-order valence-electron chi connectivity index (χ1n) is 3.96. The molecule has 11 heavy (non-hydrogen) atoms. The molecule has 0 spiro atoms. The third-order valence-electron chi connectivity index (χ3n) is 2.22. The Kier molecular flexibility index (Phi) is 3.30. The van der Waals surface area contributed by atoms with E-state index < -0.39 is 0 Å². The van der Waals surface area contributed by atoms with Gasteiger partial charge in [-0.25, -0.2) is 0 Å². The summed E-state index contributed by atoms with van der Waals surface area (Å²) in [4.78, 5) is 0. The van der Waals surface area contributed by atoms with E-state index >= 15 is 0 Å². The highest BCUT2D eigenvalue weighted by Crippen LogP contribution is 2.20. The van der Waals surface area contributed by atoms with Crippen molar-refractivity contribution >= 4 is 0 Å². The topological polar surface area (TPSA) is 27.7 Å². The summed E-state index contributed by atoms with van der Waals surface area (Å²) in [6.07, 6.45) is 1.44. The molecule has 3 atom stereocenters. The fourth-order valence-electron chi connectivity index (χ4n) is 1.42. The third kappa shape index (κ3) is 1.92. The molecule has 66 valence electrons. The molecule has 3 heteroatoms. The van der Waals surface area contributed by atoms with Gasteiger partial charge in [0.15, 0.2) is 0 Å². The van der Waals surface area contributed by atoms with Crippen LogP contribution in [0.15, 0.2) is 0 Å². The highest BCUT2D eigenvalue weighted by molar-refractivity contribution is 4.81. The normalized spacial score (nSPS) is 34.1. The van der Waals surface area contributed by atoms with Gasteiger partial charge in [0.2, 0.25) is 0 Å². The van der Waals surface area contributed by atoms with E-state index in [2.05, 4.69) is 0 Å². The fraction of sp³-hybridized carbons (Fsp3) is 1.00. The van der Waals surface area contributed by atoms with Crippen molar-refractivity contribution in [2.75, 3.05) is 20.8 Å².